The summed E-state index contributed by atoms with van der Waals surface area (Å²) in [6.45, 7) is 0. The number of aromatic nitrogens is 8. The first-order valence-electron chi connectivity index (χ1n) is 6.66. The van der Waals surface area contributed by atoms with Gasteiger partial charge < -0.3 is 0 Å². The average molecular weight is 334 g/mol. The zero-order valence-electron chi connectivity index (χ0n) is 11.9. The Morgan fingerprint density at radius 3 is 2.32 bits per heavy atom. The molecule has 3 rings (SSSR count). The van der Waals surface area contributed by atoms with Gasteiger partial charge in [0.05, 0.1) is 5.69 Å². The minimum Gasteiger partial charge on any atom is -0.224 e. The second-order valence-electron chi connectivity index (χ2n) is 4.34. The third kappa shape index (κ3) is 3.63. The zero-order valence-corrected chi connectivity index (χ0v) is 13.5. The first kappa shape index (κ1) is 15.0. The highest BCUT2D eigenvalue weighted by Crippen LogP contribution is 2.20. The van der Waals surface area contributed by atoms with Crippen LogP contribution in [0.25, 0.3) is 5.69 Å². The minimum absolute atomic E-state index is 0.802. The Morgan fingerprint density at radius 2 is 1.59 bits per heavy atom. The fourth-order valence-corrected chi connectivity index (χ4v) is 3.53. The van der Waals surface area contributed by atoms with Gasteiger partial charge in [0.1, 0.15) is 0 Å². The molecule has 0 unspecified atom stereocenters. The number of para-hydroxylation sites is 1. The van der Waals surface area contributed by atoms with E-state index in [1.54, 1.807) is 32.9 Å². The monoisotopic (exact) mass is 334 g/mol. The number of rotatable bonds is 7. The second-order valence-corrected chi connectivity index (χ2v) is 6.47. The highest BCUT2D eigenvalue weighted by Gasteiger charge is 2.08. The molecular formula is C12H14N8S2. The number of aryl methyl sites for hydroxylation is 1. The highest BCUT2D eigenvalue weighted by molar-refractivity contribution is 8.00. The van der Waals surface area contributed by atoms with Crippen LogP contribution < -0.4 is 0 Å². The van der Waals surface area contributed by atoms with Gasteiger partial charge in [-0.2, -0.15) is 4.68 Å². The molecule has 0 saturated carbocycles. The quantitative estimate of drug-likeness (QED) is 0.474. The number of tetrazole rings is 2. The smallest absolute Gasteiger partial charge is 0.214 e. The largest absolute Gasteiger partial charge is 0.224 e. The molecule has 2 aromatic heterocycles. The van der Waals surface area contributed by atoms with Gasteiger partial charge in [0.25, 0.3) is 0 Å². The summed E-state index contributed by atoms with van der Waals surface area (Å²) in [5.41, 5.74) is 0.967. The molecule has 0 fully saturated rings. The van der Waals surface area contributed by atoms with Crippen molar-refractivity contribution in [2.24, 2.45) is 7.05 Å². The topological polar surface area (TPSA) is 87.2 Å². The number of benzene rings is 1. The number of thioether (sulfide) groups is 2. The Bertz CT molecular complexity index is 711. The molecule has 0 spiro atoms. The van der Waals surface area contributed by atoms with Crippen molar-refractivity contribution in [3.8, 4) is 5.69 Å². The fourth-order valence-electron chi connectivity index (χ4n) is 1.73. The van der Waals surface area contributed by atoms with Crippen molar-refractivity contribution >= 4 is 23.5 Å². The Kier molecular flexibility index (Phi) is 5.01. The average Bonchev–Trinajstić information content (AvgIpc) is 3.17. The van der Waals surface area contributed by atoms with Crippen LogP contribution in [0, 0.1) is 0 Å². The van der Waals surface area contributed by atoms with E-state index in [4.69, 9.17) is 0 Å². The van der Waals surface area contributed by atoms with Crippen LogP contribution in [0.1, 0.15) is 6.42 Å². The number of nitrogens with zero attached hydrogens (tertiary/aromatic N) is 8. The number of hydrogen-bond acceptors (Lipinski definition) is 8. The maximum absolute atomic E-state index is 4.08. The molecule has 0 aliphatic rings. The molecule has 8 nitrogen and oxygen atoms in total. The Morgan fingerprint density at radius 1 is 0.909 bits per heavy atom. The predicted molar refractivity (Wildman–Crippen MR) is 84.0 cm³/mol. The van der Waals surface area contributed by atoms with Gasteiger partial charge in [0.2, 0.25) is 10.3 Å². The molecule has 2 heterocycles. The standard InChI is InChI=1S/C12H14N8S2/c1-19-11(13-15-17-19)21-8-5-9-22-12-14-16-18-20(12)10-6-3-2-4-7-10/h2-4,6-7H,5,8-9H2,1H3. The molecule has 10 heteroatoms. The lowest BCUT2D eigenvalue weighted by atomic mass is 10.3. The minimum atomic E-state index is 0.802. The predicted octanol–water partition coefficient (Wildman–Crippen LogP) is 1.46. The molecule has 0 bridgehead atoms. The van der Waals surface area contributed by atoms with E-state index in [2.05, 4.69) is 31.1 Å². The van der Waals surface area contributed by atoms with Crippen molar-refractivity contribution < 1.29 is 0 Å². The van der Waals surface area contributed by atoms with E-state index in [1.807, 2.05) is 37.4 Å². The van der Waals surface area contributed by atoms with Gasteiger partial charge in [0.15, 0.2) is 0 Å². The molecule has 114 valence electrons. The van der Waals surface area contributed by atoms with Crippen LogP contribution in [0.2, 0.25) is 0 Å². The van der Waals surface area contributed by atoms with E-state index in [0.717, 1.165) is 33.9 Å². The van der Waals surface area contributed by atoms with E-state index in [0.29, 0.717) is 0 Å². The van der Waals surface area contributed by atoms with Crippen molar-refractivity contribution in [3.63, 3.8) is 0 Å². The van der Waals surface area contributed by atoms with Gasteiger partial charge in [-0.25, -0.2) is 4.68 Å². The molecular weight excluding hydrogens is 320 g/mol. The summed E-state index contributed by atoms with van der Waals surface area (Å²) >= 11 is 3.29. The summed E-state index contributed by atoms with van der Waals surface area (Å²) in [4.78, 5) is 0. The highest BCUT2D eigenvalue weighted by atomic mass is 32.2. The Balaban J connectivity index is 1.49. The molecule has 3 aromatic rings. The van der Waals surface area contributed by atoms with Crippen LogP contribution in [0.4, 0.5) is 0 Å². The maximum atomic E-state index is 4.08. The van der Waals surface area contributed by atoms with Crippen molar-refractivity contribution in [2.45, 2.75) is 16.7 Å². The summed E-state index contributed by atoms with van der Waals surface area (Å²) in [5.74, 6) is 1.89. The molecule has 22 heavy (non-hydrogen) atoms. The Labute approximate surface area is 135 Å². The Hall–Kier alpha value is -1.94. The van der Waals surface area contributed by atoms with E-state index < -0.39 is 0 Å². The van der Waals surface area contributed by atoms with Crippen LogP contribution in [0.3, 0.4) is 0 Å². The van der Waals surface area contributed by atoms with Crippen molar-refractivity contribution in [2.75, 3.05) is 11.5 Å². The fraction of sp³-hybridized carbons (Fsp3) is 0.333. The van der Waals surface area contributed by atoms with Crippen LogP contribution in [-0.4, -0.2) is 51.9 Å². The summed E-state index contributed by atoms with van der Waals surface area (Å²) in [5, 5.41) is 24.9. The van der Waals surface area contributed by atoms with Crippen LogP contribution in [-0.2, 0) is 7.05 Å². The van der Waals surface area contributed by atoms with Crippen LogP contribution in [0.15, 0.2) is 40.6 Å². The third-order valence-electron chi connectivity index (χ3n) is 2.77. The first-order valence-corrected chi connectivity index (χ1v) is 8.63. The molecule has 0 N–H and O–H groups in total. The lowest BCUT2D eigenvalue weighted by Gasteiger charge is -2.03. The number of hydrogen-bond donors (Lipinski definition) is 0. The van der Waals surface area contributed by atoms with Crippen molar-refractivity contribution in [1.82, 2.24) is 40.4 Å². The van der Waals surface area contributed by atoms with E-state index >= 15 is 0 Å². The normalized spacial score (nSPS) is 11.0. The maximum Gasteiger partial charge on any atom is 0.214 e. The van der Waals surface area contributed by atoms with Gasteiger partial charge in [-0.3, -0.25) is 0 Å². The van der Waals surface area contributed by atoms with E-state index in [-0.39, 0.29) is 0 Å². The SMILES string of the molecule is Cn1nnnc1SCCCSc1nnnn1-c1ccccc1. The second kappa shape index (κ2) is 7.36. The van der Waals surface area contributed by atoms with Gasteiger partial charge in [-0.1, -0.05) is 41.7 Å². The lowest BCUT2D eigenvalue weighted by molar-refractivity contribution is 0.664. The van der Waals surface area contributed by atoms with Gasteiger partial charge in [-0.15, -0.1) is 10.2 Å². The molecule has 0 aliphatic heterocycles. The van der Waals surface area contributed by atoms with Crippen LogP contribution >= 0.6 is 23.5 Å². The molecule has 0 atom stereocenters. The molecule has 0 radical (unpaired) electrons. The van der Waals surface area contributed by atoms with Crippen molar-refractivity contribution in [1.29, 1.82) is 0 Å². The summed E-state index contributed by atoms with van der Waals surface area (Å²) in [7, 11) is 1.84. The van der Waals surface area contributed by atoms with Gasteiger partial charge in [0, 0.05) is 18.6 Å². The zero-order chi connectivity index (χ0) is 15.2. The summed E-state index contributed by atoms with van der Waals surface area (Å²) < 4.78 is 3.43. The van der Waals surface area contributed by atoms with Crippen molar-refractivity contribution in [3.05, 3.63) is 30.3 Å². The first-order chi connectivity index (χ1) is 10.8. The van der Waals surface area contributed by atoms with E-state index in [1.165, 1.54) is 0 Å². The molecule has 0 aliphatic carbocycles. The third-order valence-corrected chi connectivity index (χ3v) is 4.88. The molecule has 0 saturated heterocycles. The van der Waals surface area contributed by atoms with E-state index in [9.17, 15) is 0 Å². The lowest BCUT2D eigenvalue weighted by Crippen LogP contribution is -1.99. The van der Waals surface area contributed by atoms with Gasteiger partial charge in [-0.05, 0) is 39.4 Å². The molecule has 0 amide bonds. The van der Waals surface area contributed by atoms with Crippen LogP contribution in [0.5, 0.6) is 0 Å². The summed E-state index contributed by atoms with van der Waals surface area (Å²) in [6.07, 6.45) is 1.02. The molecule has 1 aromatic carbocycles. The summed E-state index contributed by atoms with van der Waals surface area (Å²) in [6, 6.07) is 9.88. The van der Waals surface area contributed by atoms with Gasteiger partial charge >= 0.3 is 0 Å².